The zero-order chi connectivity index (χ0) is 17.2. The van der Waals surface area contributed by atoms with Gasteiger partial charge in [-0.25, -0.2) is 9.78 Å². The number of aromatic nitrogens is 1. The number of carbonyl (C=O) groups excluding carboxylic acids is 1. The van der Waals surface area contributed by atoms with Crippen molar-refractivity contribution in [1.29, 1.82) is 0 Å². The van der Waals surface area contributed by atoms with Gasteiger partial charge in [0.25, 0.3) is 0 Å². The number of carbonyl (C=O) groups is 1. The number of amides is 1. The van der Waals surface area contributed by atoms with Crippen LogP contribution in [-0.4, -0.2) is 41.2 Å². The van der Waals surface area contributed by atoms with Crippen LogP contribution in [0.1, 0.15) is 27.2 Å². The average molecular weight is 327 g/mol. The molecule has 5 nitrogen and oxygen atoms in total. The van der Waals surface area contributed by atoms with Crippen molar-refractivity contribution in [2.75, 3.05) is 25.0 Å². The molecule has 128 valence electrons. The fourth-order valence-electron chi connectivity index (χ4n) is 2.90. The van der Waals surface area contributed by atoms with Crippen LogP contribution < -0.4 is 5.32 Å². The van der Waals surface area contributed by atoms with E-state index in [1.54, 1.807) is 4.90 Å². The first-order chi connectivity index (χ1) is 11.4. The van der Waals surface area contributed by atoms with Gasteiger partial charge in [0.2, 0.25) is 0 Å². The van der Waals surface area contributed by atoms with Crippen molar-refractivity contribution in [1.82, 2.24) is 9.88 Å². The molecule has 1 saturated heterocycles. The van der Waals surface area contributed by atoms with Crippen molar-refractivity contribution >= 4 is 22.8 Å². The van der Waals surface area contributed by atoms with Crippen molar-refractivity contribution in [2.24, 2.45) is 5.92 Å². The molecule has 1 amide bonds. The molecule has 1 aromatic heterocycles. The van der Waals surface area contributed by atoms with Crippen LogP contribution in [0.4, 0.5) is 10.6 Å². The van der Waals surface area contributed by atoms with Gasteiger partial charge in [0.15, 0.2) is 0 Å². The number of ether oxygens (including phenoxy) is 1. The number of anilines is 1. The lowest BCUT2D eigenvalue weighted by Gasteiger charge is -2.24. The Bertz CT molecular complexity index is 724. The third kappa shape index (κ3) is 4.16. The maximum absolute atomic E-state index is 12.1. The summed E-state index contributed by atoms with van der Waals surface area (Å²) in [5, 5.41) is 4.54. The van der Waals surface area contributed by atoms with Crippen LogP contribution in [0.2, 0.25) is 0 Å². The van der Waals surface area contributed by atoms with Gasteiger partial charge < -0.3 is 15.0 Å². The Morgan fingerprint density at radius 1 is 1.29 bits per heavy atom. The smallest absolute Gasteiger partial charge is 0.410 e. The highest BCUT2D eigenvalue weighted by Gasteiger charge is 2.29. The predicted molar refractivity (Wildman–Crippen MR) is 96.1 cm³/mol. The van der Waals surface area contributed by atoms with E-state index in [9.17, 15) is 4.79 Å². The molecule has 5 heteroatoms. The Hall–Kier alpha value is -2.30. The second kappa shape index (κ2) is 6.67. The Kier molecular flexibility index (Phi) is 4.60. The fourth-order valence-corrected chi connectivity index (χ4v) is 2.90. The Balaban J connectivity index is 1.53. The normalized spacial score (nSPS) is 18.0. The Morgan fingerprint density at radius 2 is 2.08 bits per heavy atom. The van der Waals surface area contributed by atoms with E-state index in [0.29, 0.717) is 5.92 Å². The highest BCUT2D eigenvalue weighted by molar-refractivity contribution is 5.80. The number of fused-ring (bicyclic) bond motifs is 1. The fraction of sp³-hybridized carbons (Fsp3) is 0.474. The minimum absolute atomic E-state index is 0.214. The second-order valence-electron chi connectivity index (χ2n) is 7.35. The van der Waals surface area contributed by atoms with Gasteiger partial charge in [-0.05, 0) is 51.3 Å². The summed E-state index contributed by atoms with van der Waals surface area (Å²) in [4.78, 5) is 18.5. The molecule has 0 saturated carbocycles. The van der Waals surface area contributed by atoms with Gasteiger partial charge in [0.1, 0.15) is 11.4 Å². The van der Waals surface area contributed by atoms with E-state index >= 15 is 0 Å². The number of hydrogen-bond acceptors (Lipinski definition) is 4. The molecular weight excluding hydrogens is 302 g/mol. The van der Waals surface area contributed by atoms with E-state index < -0.39 is 5.60 Å². The number of hydrogen-bond donors (Lipinski definition) is 1. The van der Waals surface area contributed by atoms with E-state index in [1.165, 1.54) is 0 Å². The monoisotopic (exact) mass is 327 g/mol. The number of nitrogens with zero attached hydrogens (tertiary/aromatic N) is 2. The van der Waals surface area contributed by atoms with E-state index in [1.807, 2.05) is 45.0 Å². The van der Waals surface area contributed by atoms with E-state index in [2.05, 4.69) is 22.4 Å². The van der Waals surface area contributed by atoms with Crippen molar-refractivity contribution in [3.63, 3.8) is 0 Å². The first-order valence-electron chi connectivity index (χ1n) is 8.48. The van der Waals surface area contributed by atoms with E-state index in [0.717, 1.165) is 42.8 Å². The SMILES string of the molecule is CC(C)(C)OC(=O)N1CCC(CNc2ccc3ccccc3n2)C1. The molecule has 2 heterocycles. The maximum Gasteiger partial charge on any atom is 0.410 e. The van der Waals surface area contributed by atoms with E-state index in [-0.39, 0.29) is 6.09 Å². The molecule has 1 fully saturated rings. The third-order valence-corrected chi connectivity index (χ3v) is 4.11. The van der Waals surface area contributed by atoms with Gasteiger partial charge in [-0.2, -0.15) is 0 Å². The zero-order valence-electron chi connectivity index (χ0n) is 14.6. The standard InChI is InChI=1S/C19H25N3O2/c1-19(2,3)24-18(23)22-11-10-14(13-22)12-20-17-9-8-15-6-4-5-7-16(15)21-17/h4-9,14H,10-13H2,1-3H3,(H,20,21). The molecule has 1 aromatic carbocycles. The molecule has 0 radical (unpaired) electrons. The molecule has 1 aliphatic rings. The third-order valence-electron chi connectivity index (χ3n) is 4.11. The summed E-state index contributed by atoms with van der Waals surface area (Å²) in [6.45, 7) is 7.98. The molecule has 2 aromatic rings. The Morgan fingerprint density at radius 3 is 2.88 bits per heavy atom. The van der Waals surface area contributed by atoms with Crippen LogP contribution >= 0.6 is 0 Å². The topological polar surface area (TPSA) is 54.5 Å². The minimum atomic E-state index is -0.442. The lowest BCUT2D eigenvalue weighted by atomic mass is 10.1. The second-order valence-corrected chi connectivity index (χ2v) is 7.35. The lowest BCUT2D eigenvalue weighted by molar-refractivity contribution is 0.0289. The quantitative estimate of drug-likeness (QED) is 0.929. The first-order valence-corrected chi connectivity index (χ1v) is 8.48. The van der Waals surface area contributed by atoms with Gasteiger partial charge in [-0.1, -0.05) is 18.2 Å². The molecule has 24 heavy (non-hydrogen) atoms. The molecule has 1 N–H and O–H groups in total. The zero-order valence-corrected chi connectivity index (χ0v) is 14.6. The minimum Gasteiger partial charge on any atom is -0.444 e. The molecule has 3 rings (SSSR count). The molecule has 1 atom stereocenters. The van der Waals surface area contributed by atoms with Crippen molar-refractivity contribution in [2.45, 2.75) is 32.8 Å². The number of benzene rings is 1. The molecule has 1 aliphatic heterocycles. The molecule has 0 aliphatic carbocycles. The van der Waals surface area contributed by atoms with Crippen LogP contribution in [0.25, 0.3) is 10.9 Å². The van der Waals surface area contributed by atoms with Gasteiger partial charge >= 0.3 is 6.09 Å². The first kappa shape index (κ1) is 16.6. The highest BCUT2D eigenvalue weighted by atomic mass is 16.6. The maximum atomic E-state index is 12.1. The molecular formula is C19H25N3O2. The van der Waals surface area contributed by atoms with E-state index in [4.69, 9.17) is 4.74 Å². The number of rotatable bonds is 3. The molecule has 1 unspecified atom stereocenters. The van der Waals surface area contributed by atoms with Gasteiger partial charge in [-0.3, -0.25) is 0 Å². The van der Waals surface area contributed by atoms with Gasteiger partial charge in [0, 0.05) is 25.0 Å². The average Bonchev–Trinajstić information content (AvgIpc) is 3.00. The van der Waals surface area contributed by atoms with Gasteiger partial charge in [-0.15, -0.1) is 0 Å². The Labute approximate surface area is 143 Å². The van der Waals surface area contributed by atoms with Crippen molar-refractivity contribution in [3.05, 3.63) is 36.4 Å². The van der Waals surface area contributed by atoms with Crippen LogP contribution in [0.3, 0.4) is 0 Å². The number of nitrogens with one attached hydrogen (secondary N) is 1. The van der Waals surface area contributed by atoms with Crippen LogP contribution in [0.15, 0.2) is 36.4 Å². The molecule has 0 bridgehead atoms. The van der Waals surface area contributed by atoms with Crippen LogP contribution in [0, 0.1) is 5.92 Å². The van der Waals surface area contributed by atoms with Crippen molar-refractivity contribution in [3.8, 4) is 0 Å². The van der Waals surface area contributed by atoms with Crippen molar-refractivity contribution < 1.29 is 9.53 Å². The summed E-state index contributed by atoms with van der Waals surface area (Å²) in [5.74, 6) is 1.30. The lowest BCUT2D eigenvalue weighted by Crippen LogP contribution is -2.35. The number of pyridine rings is 1. The number of para-hydroxylation sites is 1. The summed E-state index contributed by atoms with van der Waals surface area (Å²) in [7, 11) is 0. The summed E-state index contributed by atoms with van der Waals surface area (Å²) in [6.07, 6.45) is 0.772. The van der Waals surface area contributed by atoms with Gasteiger partial charge in [0.05, 0.1) is 5.52 Å². The van der Waals surface area contributed by atoms with Crippen LogP contribution in [-0.2, 0) is 4.74 Å². The van der Waals surface area contributed by atoms with Crippen LogP contribution in [0.5, 0.6) is 0 Å². The summed E-state index contributed by atoms with van der Waals surface area (Å²) >= 11 is 0. The molecule has 0 spiro atoms. The predicted octanol–water partition coefficient (Wildman–Crippen LogP) is 3.90. The largest absolute Gasteiger partial charge is 0.444 e. The highest BCUT2D eigenvalue weighted by Crippen LogP contribution is 2.21. The summed E-state index contributed by atoms with van der Waals surface area (Å²) in [5.41, 5.74) is 0.548. The summed E-state index contributed by atoms with van der Waals surface area (Å²) in [6, 6.07) is 12.2. The summed E-state index contributed by atoms with van der Waals surface area (Å²) < 4.78 is 5.44. The number of likely N-dealkylation sites (tertiary alicyclic amines) is 1.